The molecule has 0 aliphatic rings. The maximum atomic E-state index is 10.6. The van der Waals surface area contributed by atoms with E-state index in [0.29, 0.717) is 40.2 Å². The van der Waals surface area contributed by atoms with Crippen LogP contribution in [0.25, 0.3) is 45.3 Å². The van der Waals surface area contributed by atoms with Gasteiger partial charge in [-0.2, -0.15) is 0 Å². The molecule has 0 aliphatic carbocycles. The molecule has 0 radical (unpaired) electrons. The molecule has 0 atom stereocenters. The van der Waals surface area contributed by atoms with Gasteiger partial charge in [-0.3, -0.25) is 15.0 Å². The number of ether oxygens (including phenoxy) is 1. The van der Waals surface area contributed by atoms with Crippen LogP contribution in [-0.4, -0.2) is 30.0 Å². The first-order chi connectivity index (χ1) is 19.5. The first-order valence-electron chi connectivity index (χ1n) is 12.7. The Kier molecular flexibility index (Phi) is 8.27. The largest absolute Gasteiger partial charge is 0.507 e. The van der Waals surface area contributed by atoms with Gasteiger partial charge in [0.2, 0.25) is 5.88 Å². The third-order valence-corrected chi connectivity index (χ3v) is 6.16. The van der Waals surface area contributed by atoms with E-state index in [1.54, 1.807) is 30.5 Å². The first-order valence-corrected chi connectivity index (χ1v) is 12.7. The van der Waals surface area contributed by atoms with E-state index in [0.717, 1.165) is 28.1 Å². The molecule has 3 aromatic carbocycles. The van der Waals surface area contributed by atoms with Gasteiger partial charge in [0.15, 0.2) is 11.6 Å². The second-order valence-electron chi connectivity index (χ2n) is 9.24. The number of aromatic hydroxyl groups is 1. The Morgan fingerprint density at radius 2 is 1.32 bits per heavy atom. The topological polar surface area (TPSA) is 93.9 Å². The Labute approximate surface area is 252 Å². The van der Waals surface area contributed by atoms with Crippen molar-refractivity contribution < 1.29 is 30.9 Å². The molecule has 204 valence electrons. The molecule has 0 spiro atoms. The number of phenols is 1. The second-order valence-corrected chi connectivity index (χ2v) is 9.24. The van der Waals surface area contributed by atoms with E-state index >= 15 is 0 Å². The molecule has 3 aromatic heterocycles. The Morgan fingerprint density at radius 1 is 0.634 bits per heavy atom. The number of benzene rings is 3. The molecule has 0 saturated heterocycles. The monoisotopic (exact) mass is 717 g/mol. The summed E-state index contributed by atoms with van der Waals surface area (Å²) in [6, 6.07) is 33.5. The van der Waals surface area contributed by atoms with Gasteiger partial charge >= 0.3 is 0 Å². The molecule has 6 aromatic rings. The van der Waals surface area contributed by atoms with Crippen molar-refractivity contribution in [3.05, 3.63) is 121 Å². The van der Waals surface area contributed by atoms with Gasteiger partial charge in [0, 0.05) is 56.0 Å². The molecular weight excluding hydrogens is 693 g/mol. The molecule has 0 fully saturated rings. The molecule has 8 heteroatoms. The Hall–Kier alpha value is -4.74. The summed E-state index contributed by atoms with van der Waals surface area (Å²) in [6.07, 6.45) is 1.67. The number of nitrogens with zero attached hydrogens (tertiary/aromatic N) is 5. The number of aryl methyl sites for hydroxylation is 2. The Morgan fingerprint density at radius 3 is 2.05 bits per heavy atom. The molecule has 0 saturated carbocycles. The van der Waals surface area contributed by atoms with Gasteiger partial charge in [0.05, 0.1) is 11.4 Å². The fourth-order valence-corrected chi connectivity index (χ4v) is 4.41. The van der Waals surface area contributed by atoms with Gasteiger partial charge in [0.1, 0.15) is 5.75 Å². The Balaban J connectivity index is 0.00000337. The predicted molar refractivity (Wildman–Crippen MR) is 154 cm³/mol. The summed E-state index contributed by atoms with van der Waals surface area (Å²) in [5.74, 6) is 2.19. The molecule has 0 bridgehead atoms. The number of aromatic nitrogens is 5. The zero-order chi connectivity index (χ0) is 27.5. The van der Waals surface area contributed by atoms with Crippen molar-refractivity contribution in [3.63, 3.8) is 0 Å². The van der Waals surface area contributed by atoms with Crippen molar-refractivity contribution in [2.45, 2.75) is 13.8 Å². The smallest absolute Gasteiger partial charge is 0.217 e. The van der Waals surface area contributed by atoms with Gasteiger partial charge in [-0.25, -0.2) is 9.97 Å². The van der Waals surface area contributed by atoms with Crippen LogP contribution in [-0.2, 0) is 21.1 Å². The van der Waals surface area contributed by atoms with Gasteiger partial charge in [-0.05, 0) is 49.7 Å². The average molecular weight is 718 g/mol. The summed E-state index contributed by atoms with van der Waals surface area (Å²) in [5, 5.41) is 10.6. The minimum Gasteiger partial charge on any atom is -0.507 e. The van der Waals surface area contributed by atoms with Crippen LogP contribution in [0.1, 0.15) is 11.4 Å². The second kappa shape index (κ2) is 12.2. The van der Waals surface area contributed by atoms with Crippen molar-refractivity contribution in [2.75, 3.05) is 0 Å². The van der Waals surface area contributed by atoms with Crippen molar-refractivity contribution in [3.8, 4) is 62.7 Å². The zero-order valence-corrected chi connectivity index (χ0v) is 24.5. The van der Waals surface area contributed by atoms with Crippen LogP contribution < -0.4 is 4.74 Å². The Bertz CT molecular complexity index is 1790. The molecule has 7 nitrogen and oxygen atoms in total. The van der Waals surface area contributed by atoms with Crippen molar-refractivity contribution in [1.82, 2.24) is 24.9 Å². The fraction of sp³-hybridized carbons (Fsp3) is 0.0606. The van der Waals surface area contributed by atoms with E-state index in [9.17, 15) is 5.11 Å². The van der Waals surface area contributed by atoms with Crippen LogP contribution in [0.15, 0.2) is 103 Å². The van der Waals surface area contributed by atoms with Gasteiger partial charge in [-0.15, -0.1) is 11.6 Å². The van der Waals surface area contributed by atoms with Crippen LogP contribution in [0, 0.1) is 19.9 Å². The number of rotatable bonds is 6. The fourth-order valence-electron chi connectivity index (χ4n) is 4.41. The maximum Gasteiger partial charge on any atom is 0.217 e. The number of pyridine rings is 2. The van der Waals surface area contributed by atoms with E-state index in [2.05, 4.69) is 16.0 Å². The van der Waals surface area contributed by atoms with E-state index in [4.69, 9.17) is 19.7 Å². The maximum absolute atomic E-state index is 10.6. The molecule has 1 N–H and O–H groups in total. The number of para-hydroxylation sites is 1. The van der Waals surface area contributed by atoms with E-state index in [1.165, 1.54) is 0 Å². The van der Waals surface area contributed by atoms with Gasteiger partial charge in [0.25, 0.3) is 0 Å². The summed E-state index contributed by atoms with van der Waals surface area (Å²) in [5.41, 5.74) is 5.51. The predicted octanol–water partition coefficient (Wildman–Crippen LogP) is 7.24. The zero-order valence-electron chi connectivity index (χ0n) is 22.2. The molecule has 6 rings (SSSR count). The normalized spacial score (nSPS) is 10.6. The molecule has 41 heavy (non-hydrogen) atoms. The summed E-state index contributed by atoms with van der Waals surface area (Å²) in [6.45, 7) is 3.86. The van der Waals surface area contributed by atoms with Crippen molar-refractivity contribution in [2.24, 2.45) is 0 Å². The van der Waals surface area contributed by atoms with Crippen molar-refractivity contribution >= 4 is 0 Å². The van der Waals surface area contributed by atoms with Crippen molar-refractivity contribution in [1.29, 1.82) is 0 Å². The standard InChI is InChI=1S/C33H24N5O2.Pt/c1-21-16-25(17-22(2)35-21)31-36-32(38-33(37-31)28-12-6-7-13-29(28)39)26-18-24(23-10-4-3-5-11-23)19-27(20-26)40-30-14-8-9-15-34-30;/h3-19,39H,1-2H3;/q-1;. The van der Waals surface area contributed by atoms with Crippen LogP contribution in [0.3, 0.4) is 0 Å². The summed E-state index contributed by atoms with van der Waals surface area (Å²) < 4.78 is 6.10. The van der Waals surface area contributed by atoms with E-state index < -0.39 is 0 Å². The van der Waals surface area contributed by atoms with Gasteiger partial charge in [-0.1, -0.05) is 66.2 Å². The number of hydrogen-bond donors (Lipinski definition) is 1. The minimum absolute atomic E-state index is 0. The van der Waals surface area contributed by atoms with Crippen LogP contribution >= 0.6 is 0 Å². The first kappa shape index (κ1) is 27.8. The van der Waals surface area contributed by atoms with Gasteiger partial charge < -0.3 is 9.84 Å². The van der Waals surface area contributed by atoms with E-state index in [-0.39, 0.29) is 26.8 Å². The SMILES string of the molecule is Cc1cc(-c2nc(-c3[c-]c(Oc4ccccn4)cc(-c4ccccc4)c3)nc(-c3ccccc3O)n2)cc(C)n1.[Pt]. The quantitative estimate of drug-likeness (QED) is 0.182. The summed E-state index contributed by atoms with van der Waals surface area (Å²) in [7, 11) is 0. The third kappa shape index (κ3) is 6.37. The van der Waals surface area contributed by atoms with E-state index in [1.807, 2.05) is 86.6 Å². The van der Waals surface area contributed by atoms with Crippen LogP contribution in [0.5, 0.6) is 17.4 Å². The molecular formula is C33H24N5O2Pt-. The van der Waals surface area contributed by atoms with Crippen LogP contribution in [0.2, 0.25) is 0 Å². The van der Waals surface area contributed by atoms with Crippen LogP contribution in [0.4, 0.5) is 0 Å². The minimum atomic E-state index is 0. The molecule has 0 aliphatic heterocycles. The summed E-state index contributed by atoms with van der Waals surface area (Å²) in [4.78, 5) is 23.2. The molecule has 3 heterocycles. The average Bonchev–Trinajstić information content (AvgIpc) is 2.97. The number of phenolic OH excluding ortho intramolecular Hbond substituents is 1. The molecule has 0 amide bonds. The third-order valence-electron chi connectivity index (χ3n) is 6.16. The summed E-state index contributed by atoms with van der Waals surface area (Å²) >= 11 is 0. The number of hydrogen-bond acceptors (Lipinski definition) is 7. The molecule has 0 unspecified atom stereocenters.